The van der Waals surface area contributed by atoms with Gasteiger partial charge in [0.2, 0.25) is 23.6 Å². The molecule has 9 N–H and O–H groups in total. The summed E-state index contributed by atoms with van der Waals surface area (Å²) in [6.07, 6.45) is -6.15. The third-order valence-electron chi connectivity index (χ3n) is 5.82. The summed E-state index contributed by atoms with van der Waals surface area (Å²) in [7, 11) is 0. The molecule has 1 rings (SSSR count). The van der Waals surface area contributed by atoms with Gasteiger partial charge in [-0.25, -0.2) is 0 Å². The van der Waals surface area contributed by atoms with Crippen molar-refractivity contribution in [2.45, 2.75) is 95.4 Å². The van der Waals surface area contributed by atoms with E-state index in [1.165, 1.54) is 25.7 Å². The van der Waals surface area contributed by atoms with Crippen LogP contribution in [0.4, 0.5) is 0 Å². The Morgan fingerprint density at radius 3 is 2.30 bits per heavy atom. The highest BCUT2D eigenvalue weighted by Crippen LogP contribution is 2.24. The molecule has 0 bridgehead atoms. The highest BCUT2D eigenvalue weighted by Gasteiger charge is 2.46. The number of nitrogens with zero attached hydrogens (tertiary/aromatic N) is 1. The van der Waals surface area contributed by atoms with E-state index in [-0.39, 0.29) is 19.4 Å². The van der Waals surface area contributed by atoms with Gasteiger partial charge in [0.05, 0.1) is 24.8 Å². The van der Waals surface area contributed by atoms with E-state index in [0.29, 0.717) is 6.29 Å². The number of nitrogens with one attached hydrogen (secondary N) is 2. The Morgan fingerprint density at radius 2 is 1.81 bits per heavy atom. The highest BCUT2D eigenvalue weighted by atomic mass is 16.6. The van der Waals surface area contributed by atoms with Gasteiger partial charge in [0.15, 0.2) is 6.29 Å². The molecule has 0 radical (unpaired) electrons. The molecule has 1 fully saturated rings. The zero-order valence-corrected chi connectivity index (χ0v) is 21.4. The van der Waals surface area contributed by atoms with E-state index < -0.39 is 85.1 Å². The summed E-state index contributed by atoms with van der Waals surface area (Å²) in [5, 5.41) is 35.1. The second kappa shape index (κ2) is 14.9. The predicted molar refractivity (Wildman–Crippen MR) is 127 cm³/mol. The minimum atomic E-state index is -1.59. The molecule has 1 unspecified atom stereocenters. The number of hydrogen-bond donors (Lipinski definition) is 7. The van der Waals surface area contributed by atoms with Crippen molar-refractivity contribution < 1.29 is 48.8 Å². The minimum absolute atomic E-state index is 0.141. The third-order valence-corrected chi connectivity index (χ3v) is 5.82. The lowest BCUT2D eigenvalue weighted by Crippen LogP contribution is -2.65. The fourth-order valence-electron chi connectivity index (χ4n) is 3.79. The molecule has 0 aliphatic carbocycles. The van der Waals surface area contributed by atoms with Crippen molar-refractivity contribution in [2.75, 3.05) is 13.2 Å². The molecule has 0 aromatic carbocycles. The number of carbonyl (C=O) groups excluding carboxylic acids is 5. The van der Waals surface area contributed by atoms with Gasteiger partial charge in [-0.1, -0.05) is 0 Å². The zero-order chi connectivity index (χ0) is 28.4. The highest BCUT2D eigenvalue weighted by molar-refractivity contribution is 5.89. The van der Waals surface area contributed by atoms with E-state index >= 15 is 0 Å². The summed E-state index contributed by atoms with van der Waals surface area (Å²) in [6, 6.07) is -4.13. The van der Waals surface area contributed by atoms with E-state index in [4.69, 9.17) is 20.9 Å². The lowest BCUT2D eigenvalue weighted by atomic mass is 9.96. The molecule has 1 heterocycles. The van der Waals surface area contributed by atoms with E-state index in [2.05, 4.69) is 10.6 Å². The Kier molecular flexibility index (Phi) is 13.0. The van der Waals surface area contributed by atoms with Crippen LogP contribution in [0.3, 0.4) is 0 Å². The van der Waals surface area contributed by atoms with E-state index in [1.807, 2.05) is 0 Å². The zero-order valence-electron chi connectivity index (χ0n) is 21.4. The molecular formula is C22H39N5O10. The molecule has 0 aromatic heterocycles. The van der Waals surface area contributed by atoms with Crippen molar-refractivity contribution in [3.05, 3.63) is 0 Å². The number of carbonyl (C=O) groups is 5. The summed E-state index contributed by atoms with van der Waals surface area (Å²) in [5.74, 6) is -2.56. The van der Waals surface area contributed by atoms with Crippen LogP contribution in [0.2, 0.25) is 0 Å². The Labute approximate surface area is 214 Å². The van der Waals surface area contributed by atoms with Crippen LogP contribution in [0.25, 0.3) is 0 Å². The maximum absolute atomic E-state index is 13.0. The molecule has 15 nitrogen and oxygen atoms in total. The quantitative estimate of drug-likeness (QED) is 0.106. The first kappa shape index (κ1) is 32.3. The summed E-state index contributed by atoms with van der Waals surface area (Å²) < 4.78 is 11.0. The molecule has 4 amide bonds. The van der Waals surface area contributed by atoms with Crippen LogP contribution in [0.1, 0.15) is 40.5 Å². The average Bonchev–Trinajstić information content (AvgIpc) is 2.82. The standard InChI is InChI=1S/C22H39N5O10/c1-10(8-28)27(16(31)6-5-14(20(24)33)26-21(34)12(3)23)7-11(2)36-19-17(25-13(4)30)22(35)37-15(9-29)18(19)32/h8,10-12,14-15,17-19,22,29,32,35H,5-7,9,23H2,1-4H3,(H2,24,33)(H,25,30)(H,26,34)/t10-,11?,12-,14+,15+,17+,18+,19+,22-/m0/s1. The molecule has 37 heavy (non-hydrogen) atoms. The van der Waals surface area contributed by atoms with Crippen LogP contribution in [0, 0.1) is 0 Å². The molecule has 0 aromatic rings. The van der Waals surface area contributed by atoms with Crippen LogP contribution in [-0.4, -0.2) is 118 Å². The van der Waals surface area contributed by atoms with Gasteiger partial charge in [-0.2, -0.15) is 0 Å². The van der Waals surface area contributed by atoms with Gasteiger partial charge >= 0.3 is 0 Å². The number of nitrogens with two attached hydrogens (primary N) is 2. The molecule has 1 saturated heterocycles. The summed E-state index contributed by atoms with van der Waals surface area (Å²) >= 11 is 0. The summed E-state index contributed by atoms with van der Waals surface area (Å²) in [5.41, 5.74) is 10.8. The first-order chi connectivity index (χ1) is 17.2. The number of primary amides is 1. The first-order valence-electron chi connectivity index (χ1n) is 11.9. The first-order valence-corrected chi connectivity index (χ1v) is 11.9. The average molecular weight is 534 g/mol. The third kappa shape index (κ3) is 9.60. The molecule has 0 spiro atoms. The van der Waals surface area contributed by atoms with Gasteiger partial charge in [0, 0.05) is 19.9 Å². The van der Waals surface area contributed by atoms with Crippen molar-refractivity contribution in [3.63, 3.8) is 0 Å². The fourth-order valence-corrected chi connectivity index (χ4v) is 3.79. The van der Waals surface area contributed by atoms with Gasteiger partial charge in [0.25, 0.3) is 0 Å². The van der Waals surface area contributed by atoms with Gasteiger partial charge in [0.1, 0.15) is 36.7 Å². The van der Waals surface area contributed by atoms with E-state index in [1.54, 1.807) is 6.92 Å². The number of hydrogen-bond acceptors (Lipinski definition) is 11. The normalized spacial score (nSPS) is 26.8. The van der Waals surface area contributed by atoms with Crippen LogP contribution < -0.4 is 22.1 Å². The van der Waals surface area contributed by atoms with Crippen molar-refractivity contribution in [2.24, 2.45) is 11.5 Å². The van der Waals surface area contributed by atoms with Crippen LogP contribution in [0.15, 0.2) is 0 Å². The number of aliphatic hydroxyl groups excluding tert-OH is 3. The molecule has 15 heteroatoms. The SMILES string of the molecule is CC(=O)N[C@@H]1[C@@H](OC(C)CN(C(=O)CC[C@@H](NC(=O)[C@H](C)N)C(N)=O)[C@@H](C)C=O)[C@H](O)[C@@H](CO)O[C@@H]1O. The van der Waals surface area contributed by atoms with Gasteiger partial charge in [-0.15, -0.1) is 0 Å². The Hall–Kier alpha value is -2.69. The Bertz CT molecular complexity index is 813. The maximum atomic E-state index is 13.0. The number of ether oxygens (including phenoxy) is 2. The lowest BCUT2D eigenvalue weighted by Gasteiger charge is -2.43. The number of amides is 4. The fraction of sp³-hybridized carbons (Fsp3) is 0.773. The number of rotatable bonds is 14. The monoisotopic (exact) mass is 533 g/mol. The Balaban J connectivity index is 2.97. The predicted octanol–water partition coefficient (Wildman–Crippen LogP) is -4.15. The van der Waals surface area contributed by atoms with Crippen LogP contribution >= 0.6 is 0 Å². The van der Waals surface area contributed by atoms with Crippen molar-refractivity contribution in [1.29, 1.82) is 0 Å². The van der Waals surface area contributed by atoms with E-state index in [9.17, 15) is 39.3 Å². The molecule has 0 saturated carbocycles. The molecule has 1 aliphatic rings. The number of aliphatic hydroxyl groups is 3. The van der Waals surface area contributed by atoms with E-state index in [0.717, 1.165) is 0 Å². The molecule has 1 aliphatic heterocycles. The molecule has 9 atom stereocenters. The van der Waals surface area contributed by atoms with Gasteiger partial charge in [-0.05, 0) is 27.2 Å². The van der Waals surface area contributed by atoms with Crippen molar-refractivity contribution in [1.82, 2.24) is 15.5 Å². The van der Waals surface area contributed by atoms with Gasteiger partial charge in [-0.3, -0.25) is 19.2 Å². The second-order valence-electron chi connectivity index (χ2n) is 9.09. The summed E-state index contributed by atoms with van der Waals surface area (Å²) in [4.78, 5) is 60.8. The Morgan fingerprint density at radius 1 is 1.19 bits per heavy atom. The van der Waals surface area contributed by atoms with Crippen molar-refractivity contribution >= 4 is 29.9 Å². The largest absolute Gasteiger partial charge is 0.394 e. The topological polar surface area (TPSA) is 244 Å². The van der Waals surface area contributed by atoms with Crippen LogP contribution in [0.5, 0.6) is 0 Å². The minimum Gasteiger partial charge on any atom is -0.394 e. The maximum Gasteiger partial charge on any atom is 0.240 e. The molecule has 212 valence electrons. The smallest absolute Gasteiger partial charge is 0.240 e. The lowest BCUT2D eigenvalue weighted by molar-refractivity contribution is -0.268. The second-order valence-corrected chi connectivity index (χ2v) is 9.09. The van der Waals surface area contributed by atoms with Crippen molar-refractivity contribution in [3.8, 4) is 0 Å². The summed E-state index contributed by atoms with van der Waals surface area (Å²) in [6.45, 7) is 4.84. The van der Waals surface area contributed by atoms with Gasteiger partial charge < -0.3 is 56.6 Å². The molecular weight excluding hydrogens is 494 g/mol. The van der Waals surface area contributed by atoms with Crippen LogP contribution in [-0.2, 0) is 33.4 Å². The number of aldehydes is 1.